The van der Waals surface area contributed by atoms with Gasteiger partial charge in [-0.15, -0.1) is 0 Å². The Morgan fingerprint density at radius 3 is 2.00 bits per heavy atom. The van der Waals surface area contributed by atoms with Crippen LogP contribution < -0.4 is 0 Å². The minimum Gasteiger partial charge on any atom is -0.478 e. The zero-order chi connectivity index (χ0) is 17.3. The SMILES string of the molecule is Cc1nc(C(C)C)c(C(=O)O)c(-c2ccc(F)cc2)c1C(=O)O. The van der Waals surface area contributed by atoms with Crippen LogP contribution in [0.4, 0.5) is 4.39 Å². The van der Waals surface area contributed by atoms with Crippen molar-refractivity contribution >= 4 is 11.9 Å². The fraction of sp³-hybridized carbons (Fsp3) is 0.235. The van der Waals surface area contributed by atoms with Gasteiger partial charge in [0.15, 0.2) is 0 Å². The highest BCUT2D eigenvalue weighted by molar-refractivity contribution is 6.06. The number of carboxylic acid groups (broad SMARTS) is 2. The molecule has 6 heteroatoms. The summed E-state index contributed by atoms with van der Waals surface area (Å²) in [5.74, 6) is -3.23. The van der Waals surface area contributed by atoms with Crippen molar-refractivity contribution < 1.29 is 24.2 Å². The molecule has 0 spiro atoms. The van der Waals surface area contributed by atoms with Crippen LogP contribution in [0.2, 0.25) is 0 Å². The van der Waals surface area contributed by atoms with Crippen molar-refractivity contribution in [2.45, 2.75) is 26.7 Å². The van der Waals surface area contributed by atoms with Crippen LogP contribution in [-0.2, 0) is 0 Å². The summed E-state index contributed by atoms with van der Waals surface area (Å²) >= 11 is 0. The lowest BCUT2D eigenvalue weighted by molar-refractivity contribution is 0.0695. The van der Waals surface area contributed by atoms with Gasteiger partial charge in [-0.25, -0.2) is 14.0 Å². The monoisotopic (exact) mass is 317 g/mol. The molecule has 0 fully saturated rings. The molecule has 2 aromatic rings. The molecule has 1 aromatic carbocycles. The number of hydrogen-bond acceptors (Lipinski definition) is 3. The molecule has 2 N–H and O–H groups in total. The minimum atomic E-state index is -1.27. The highest BCUT2D eigenvalue weighted by Crippen LogP contribution is 2.34. The molecule has 5 nitrogen and oxygen atoms in total. The summed E-state index contributed by atoms with van der Waals surface area (Å²) in [4.78, 5) is 27.6. The van der Waals surface area contributed by atoms with Gasteiger partial charge in [-0.05, 0) is 30.5 Å². The van der Waals surface area contributed by atoms with E-state index in [0.717, 1.165) is 12.1 Å². The van der Waals surface area contributed by atoms with E-state index in [1.807, 2.05) is 0 Å². The predicted molar refractivity (Wildman–Crippen MR) is 82.4 cm³/mol. The van der Waals surface area contributed by atoms with E-state index in [2.05, 4.69) is 4.98 Å². The zero-order valence-electron chi connectivity index (χ0n) is 12.9. The van der Waals surface area contributed by atoms with E-state index in [9.17, 15) is 24.2 Å². The number of aromatic nitrogens is 1. The van der Waals surface area contributed by atoms with Crippen LogP contribution in [0.3, 0.4) is 0 Å². The van der Waals surface area contributed by atoms with Gasteiger partial charge in [-0.1, -0.05) is 26.0 Å². The van der Waals surface area contributed by atoms with Gasteiger partial charge in [-0.2, -0.15) is 0 Å². The average Bonchev–Trinajstić information content (AvgIpc) is 2.45. The van der Waals surface area contributed by atoms with Crippen LogP contribution in [-0.4, -0.2) is 27.1 Å². The number of carbonyl (C=O) groups is 2. The summed E-state index contributed by atoms with van der Waals surface area (Å²) in [7, 11) is 0. The van der Waals surface area contributed by atoms with Crippen molar-refractivity contribution in [1.29, 1.82) is 0 Å². The Kier molecular flexibility index (Phi) is 4.45. The molecule has 120 valence electrons. The maximum Gasteiger partial charge on any atom is 0.338 e. The minimum absolute atomic E-state index is 0.0567. The second kappa shape index (κ2) is 6.16. The lowest BCUT2D eigenvalue weighted by Crippen LogP contribution is -2.16. The molecule has 0 saturated heterocycles. The van der Waals surface area contributed by atoms with Gasteiger partial charge >= 0.3 is 11.9 Å². The van der Waals surface area contributed by atoms with Gasteiger partial charge in [0, 0.05) is 5.56 Å². The summed E-state index contributed by atoms with van der Waals surface area (Å²) in [5.41, 5.74) is 0.577. The van der Waals surface area contributed by atoms with E-state index in [0.29, 0.717) is 11.3 Å². The third kappa shape index (κ3) is 3.06. The molecule has 1 heterocycles. The van der Waals surface area contributed by atoms with E-state index in [-0.39, 0.29) is 28.3 Å². The van der Waals surface area contributed by atoms with Crippen LogP contribution in [0, 0.1) is 12.7 Å². The van der Waals surface area contributed by atoms with Gasteiger partial charge in [0.25, 0.3) is 0 Å². The van der Waals surface area contributed by atoms with Gasteiger partial charge in [0.05, 0.1) is 22.5 Å². The number of pyridine rings is 1. The number of benzene rings is 1. The van der Waals surface area contributed by atoms with E-state index < -0.39 is 17.8 Å². The van der Waals surface area contributed by atoms with Crippen LogP contribution in [0.15, 0.2) is 24.3 Å². The number of rotatable bonds is 4. The van der Waals surface area contributed by atoms with Crippen molar-refractivity contribution in [3.8, 4) is 11.1 Å². The Labute approximate surface area is 132 Å². The lowest BCUT2D eigenvalue weighted by atomic mass is 9.89. The molecule has 0 saturated carbocycles. The van der Waals surface area contributed by atoms with Crippen molar-refractivity contribution in [2.24, 2.45) is 0 Å². The van der Waals surface area contributed by atoms with E-state index in [1.54, 1.807) is 13.8 Å². The normalized spacial score (nSPS) is 10.8. The number of nitrogens with zero attached hydrogens (tertiary/aromatic N) is 1. The Morgan fingerprint density at radius 1 is 1.04 bits per heavy atom. The number of hydrogen-bond donors (Lipinski definition) is 2. The molecular weight excluding hydrogens is 301 g/mol. The fourth-order valence-electron chi connectivity index (χ4n) is 2.53. The lowest BCUT2D eigenvalue weighted by Gasteiger charge is -2.18. The molecule has 1 aromatic heterocycles. The topological polar surface area (TPSA) is 87.5 Å². The third-order valence-electron chi connectivity index (χ3n) is 3.51. The standard InChI is InChI=1S/C17H16FNO4/c1-8(2)15-14(17(22)23)13(10-4-6-11(18)7-5-10)12(16(20)21)9(3)19-15/h4-8H,1-3H3,(H,20,21)(H,22,23). The maximum atomic E-state index is 13.2. The summed E-state index contributed by atoms with van der Waals surface area (Å²) in [5, 5.41) is 19.1. The molecule has 0 aliphatic carbocycles. The summed E-state index contributed by atoms with van der Waals surface area (Å²) < 4.78 is 13.2. The van der Waals surface area contributed by atoms with Gasteiger partial charge in [0.1, 0.15) is 5.82 Å². The highest BCUT2D eigenvalue weighted by Gasteiger charge is 2.28. The van der Waals surface area contributed by atoms with Crippen LogP contribution in [0.5, 0.6) is 0 Å². The van der Waals surface area contributed by atoms with E-state index in [4.69, 9.17) is 0 Å². The highest BCUT2D eigenvalue weighted by atomic mass is 19.1. The van der Waals surface area contributed by atoms with E-state index in [1.165, 1.54) is 19.1 Å². The molecule has 0 atom stereocenters. The summed E-state index contributed by atoms with van der Waals surface area (Å²) in [6.07, 6.45) is 0. The Bertz CT molecular complexity index is 782. The molecule has 0 radical (unpaired) electrons. The van der Waals surface area contributed by atoms with E-state index >= 15 is 0 Å². The Balaban J connectivity index is 2.97. The van der Waals surface area contributed by atoms with Gasteiger partial charge in [-0.3, -0.25) is 4.98 Å². The average molecular weight is 317 g/mol. The fourth-order valence-corrected chi connectivity index (χ4v) is 2.53. The van der Waals surface area contributed by atoms with Crippen molar-refractivity contribution in [1.82, 2.24) is 4.98 Å². The molecule has 0 amide bonds. The molecule has 2 rings (SSSR count). The van der Waals surface area contributed by atoms with Crippen LogP contribution in [0.25, 0.3) is 11.1 Å². The second-order valence-electron chi connectivity index (χ2n) is 5.48. The van der Waals surface area contributed by atoms with Crippen LogP contribution in [0.1, 0.15) is 51.9 Å². The molecule has 0 aliphatic heterocycles. The van der Waals surface area contributed by atoms with Gasteiger partial charge in [0.2, 0.25) is 0 Å². The zero-order valence-corrected chi connectivity index (χ0v) is 12.9. The molecule has 23 heavy (non-hydrogen) atoms. The third-order valence-corrected chi connectivity index (χ3v) is 3.51. The van der Waals surface area contributed by atoms with Crippen LogP contribution >= 0.6 is 0 Å². The quantitative estimate of drug-likeness (QED) is 0.897. The first-order valence-corrected chi connectivity index (χ1v) is 7.01. The Hall–Kier alpha value is -2.76. The molecule has 0 aliphatic rings. The summed E-state index contributed by atoms with van der Waals surface area (Å²) in [6.45, 7) is 5.08. The predicted octanol–water partition coefficient (Wildman–Crippen LogP) is 3.72. The second-order valence-corrected chi connectivity index (χ2v) is 5.48. The first kappa shape index (κ1) is 16.6. The van der Waals surface area contributed by atoms with Crippen molar-refractivity contribution in [3.05, 3.63) is 52.6 Å². The van der Waals surface area contributed by atoms with Gasteiger partial charge < -0.3 is 10.2 Å². The maximum absolute atomic E-state index is 13.2. The molecule has 0 unspecified atom stereocenters. The Morgan fingerprint density at radius 2 is 1.57 bits per heavy atom. The van der Waals surface area contributed by atoms with Crippen molar-refractivity contribution in [3.63, 3.8) is 0 Å². The number of aryl methyl sites for hydroxylation is 1. The smallest absolute Gasteiger partial charge is 0.338 e. The first-order chi connectivity index (χ1) is 10.7. The number of halogens is 1. The number of aromatic carboxylic acids is 2. The largest absolute Gasteiger partial charge is 0.478 e. The molecular formula is C17H16FNO4. The summed E-state index contributed by atoms with van der Waals surface area (Å²) in [6, 6.07) is 5.06. The first-order valence-electron chi connectivity index (χ1n) is 7.01. The molecule has 0 bridgehead atoms. The van der Waals surface area contributed by atoms with Crippen molar-refractivity contribution in [2.75, 3.05) is 0 Å². The number of carboxylic acids is 2.